The Kier molecular flexibility index (Phi) is 17.2. The summed E-state index contributed by atoms with van der Waals surface area (Å²) in [5.41, 5.74) is 0. The van der Waals surface area contributed by atoms with E-state index in [1.807, 2.05) is 26.2 Å². The summed E-state index contributed by atoms with van der Waals surface area (Å²) in [6.07, 6.45) is 1.06. The zero-order chi connectivity index (χ0) is 31.9. The molecule has 0 heterocycles. The third-order valence-electron chi connectivity index (χ3n) is 5.51. The monoisotopic (exact) mass is 942 g/mol. The molecule has 0 amide bonds. The molecule has 0 rings (SSSR count). The summed E-state index contributed by atoms with van der Waals surface area (Å²) < 4.78 is -10.8. The minimum Gasteiger partial charge on any atom is -0.455 e. The van der Waals surface area contributed by atoms with Crippen molar-refractivity contribution in [2.75, 3.05) is 0 Å². The molecule has 0 saturated heterocycles. The predicted molar refractivity (Wildman–Crippen MR) is 191 cm³/mol. The molecule has 236 valence electrons. The topological polar surface area (TPSA) is 9.23 Å². The zero-order valence-corrected chi connectivity index (χ0v) is 36.1. The maximum absolute atomic E-state index is 6.61. The molecule has 0 N–H and O–H groups in total. The van der Waals surface area contributed by atoms with Gasteiger partial charge in [0.2, 0.25) is 7.59 Å². The molecule has 0 aromatic rings. The molecule has 0 atom stereocenters. The van der Waals surface area contributed by atoms with E-state index in [-0.39, 0.29) is 12.8 Å². The van der Waals surface area contributed by atoms with Crippen molar-refractivity contribution < 1.29 is 4.12 Å². The Morgan fingerprint density at radius 3 is 0.846 bits per heavy atom. The van der Waals surface area contributed by atoms with Gasteiger partial charge in [0.1, 0.15) is 0 Å². The van der Waals surface area contributed by atoms with Crippen LogP contribution >= 0.6 is 209 Å². The predicted octanol–water partition coefficient (Wildman–Crippen LogP) is 14.8. The molecule has 0 unspecified atom stereocenters. The molecule has 0 aliphatic carbocycles. The van der Waals surface area contributed by atoms with Crippen molar-refractivity contribution in [1.82, 2.24) is 0 Å². The maximum Gasteiger partial charge on any atom is 0.226 e. The molecule has 0 fully saturated rings. The van der Waals surface area contributed by atoms with Crippen molar-refractivity contribution in [3.05, 3.63) is 0 Å². The summed E-state index contributed by atoms with van der Waals surface area (Å²) >= 11 is 111. The summed E-state index contributed by atoms with van der Waals surface area (Å²) in [4.78, 5) is 0. The van der Waals surface area contributed by atoms with E-state index in [0.29, 0.717) is 24.9 Å². The van der Waals surface area contributed by atoms with Crippen LogP contribution in [0.2, 0.25) is 38.3 Å². The first kappa shape index (κ1) is 44.6. The largest absolute Gasteiger partial charge is 0.455 e. The van der Waals surface area contributed by atoms with Crippen LogP contribution in [0.4, 0.5) is 0 Å². The van der Waals surface area contributed by atoms with Crippen molar-refractivity contribution >= 4 is 225 Å². The first-order chi connectivity index (χ1) is 16.6. The Morgan fingerprint density at radius 2 is 0.641 bits per heavy atom. The fourth-order valence-electron chi connectivity index (χ4n) is 3.45. The molecule has 0 spiro atoms. The number of alkyl halides is 18. The van der Waals surface area contributed by atoms with Gasteiger partial charge in [0, 0.05) is 0 Å². The Hall–Kier alpha value is 5.61. The van der Waals surface area contributed by atoms with E-state index in [0.717, 1.165) is 0 Å². The molecule has 21 heteroatoms. The summed E-state index contributed by atoms with van der Waals surface area (Å²) in [5.74, 6) is 0. The Bertz CT molecular complexity index is 750. The van der Waals surface area contributed by atoms with E-state index in [2.05, 4.69) is 0 Å². The van der Waals surface area contributed by atoms with E-state index in [1.165, 1.54) is 0 Å². The summed E-state index contributed by atoms with van der Waals surface area (Å²) in [6, 6.07) is 1.26. The van der Waals surface area contributed by atoms with Crippen LogP contribution in [-0.2, 0) is 4.12 Å². The molecule has 0 radical (unpaired) electrons. The van der Waals surface area contributed by atoms with Crippen LogP contribution in [0.15, 0.2) is 0 Å². The lowest BCUT2D eigenvalue weighted by molar-refractivity contribution is 0.502. The van der Waals surface area contributed by atoms with Crippen LogP contribution in [0.1, 0.15) is 25.7 Å². The van der Waals surface area contributed by atoms with Gasteiger partial charge in [-0.2, -0.15) is 0 Å². The number of halogens is 18. The second kappa shape index (κ2) is 15.0. The van der Waals surface area contributed by atoms with Gasteiger partial charge in [0.05, 0.1) is 0 Å². The molecule has 1 nitrogen and oxygen atoms in total. The number of hydrogen-bond acceptors (Lipinski definition) is 1. The molecule has 0 aliphatic heterocycles. The first-order valence-electron chi connectivity index (χ1n) is 10.7. The molecule has 0 saturated carbocycles. The lowest BCUT2D eigenvalue weighted by Crippen LogP contribution is -2.56. The molecular weight excluding hydrogens is 927 g/mol. The molecule has 0 bridgehead atoms. The average Bonchev–Trinajstić information content (AvgIpc) is 2.63. The van der Waals surface area contributed by atoms with E-state index in [9.17, 15) is 0 Å². The highest BCUT2D eigenvalue weighted by Gasteiger charge is 2.69. The van der Waals surface area contributed by atoms with E-state index in [1.54, 1.807) is 0 Å². The van der Waals surface area contributed by atoms with Crippen LogP contribution < -0.4 is 0 Å². The Morgan fingerprint density at radius 1 is 0.410 bits per heavy atom. The van der Waals surface area contributed by atoms with Crippen molar-refractivity contribution in [3.63, 3.8) is 0 Å². The average molecular weight is 951 g/mol. The standard InChI is InChI=1S/C18H24Cl18OSi2/c1-38(2,9-5-7-11(19,20)13(23,24)15(27,28)17(31,32)33)37-39(3,4)10-6-8-12(21,22)14(25,26)16(29,30)18(34,35)36/h5-10H2,1-4H3. The van der Waals surface area contributed by atoms with Crippen LogP contribution in [0, 0.1) is 0 Å². The van der Waals surface area contributed by atoms with Gasteiger partial charge < -0.3 is 4.12 Å². The van der Waals surface area contributed by atoms with E-state index < -0.39 is 50.2 Å². The minimum atomic E-state index is -2.33. The van der Waals surface area contributed by atoms with Gasteiger partial charge in [0.15, 0.2) is 42.6 Å². The van der Waals surface area contributed by atoms with Crippen molar-refractivity contribution in [3.8, 4) is 0 Å². The fourth-order valence-corrected chi connectivity index (χ4v) is 16.8. The Balaban J connectivity index is 5.25. The lowest BCUT2D eigenvalue weighted by Gasteiger charge is -2.44. The molecule has 0 aromatic carbocycles. The first-order valence-corrected chi connectivity index (χ1v) is 23.8. The number of rotatable bonds is 14. The lowest BCUT2D eigenvalue weighted by atomic mass is 10.1. The highest BCUT2D eigenvalue weighted by Crippen LogP contribution is 2.64. The summed E-state index contributed by atoms with van der Waals surface area (Å²) in [6.45, 7) is 8.17. The van der Waals surface area contributed by atoms with Crippen LogP contribution in [-0.4, -0.2) is 50.2 Å². The number of hydrogen-bond donors (Lipinski definition) is 0. The van der Waals surface area contributed by atoms with Gasteiger partial charge in [-0.15, -0.1) is 0 Å². The van der Waals surface area contributed by atoms with Gasteiger partial charge in [-0.3, -0.25) is 0 Å². The highest BCUT2D eigenvalue weighted by atomic mass is 35.6. The highest BCUT2D eigenvalue weighted by molar-refractivity contribution is 6.85. The molecular formula is C18H24Cl18OSi2. The van der Waals surface area contributed by atoms with Gasteiger partial charge >= 0.3 is 0 Å². The zero-order valence-electron chi connectivity index (χ0n) is 20.5. The normalized spacial score (nSPS) is 16.2. The van der Waals surface area contributed by atoms with Crippen molar-refractivity contribution in [2.45, 2.75) is 97.5 Å². The van der Waals surface area contributed by atoms with Crippen molar-refractivity contribution in [1.29, 1.82) is 0 Å². The van der Waals surface area contributed by atoms with Crippen LogP contribution in [0.5, 0.6) is 0 Å². The van der Waals surface area contributed by atoms with E-state index in [4.69, 9.17) is 213 Å². The molecule has 39 heavy (non-hydrogen) atoms. The molecule has 0 aliphatic rings. The molecule has 0 aromatic heterocycles. The minimum absolute atomic E-state index is 0.0726. The smallest absolute Gasteiger partial charge is 0.226 e. The third-order valence-corrected chi connectivity index (χ3v) is 24.0. The second-order valence-corrected chi connectivity index (χ2v) is 31.7. The van der Waals surface area contributed by atoms with Gasteiger partial charge in [-0.25, -0.2) is 0 Å². The van der Waals surface area contributed by atoms with Crippen LogP contribution in [0.25, 0.3) is 0 Å². The van der Waals surface area contributed by atoms with Crippen molar-refractivity contribution in [2.24, 2.45) is 0 Å². The quantitative estimate of drug-likeness (QED) is 0.125. The fraction of sp³-hybridized carbons (Fsp3) is 1.00. The SMILES string of the molecule is C[Si](C)(CCCC(Cl)(Cl)C(Cl)(Cl)C(Cl)(Cl)C(Cl)(Cl)Cl)O[Si](C)(C)CCCC(Cl)(Cl)C(Cl)(Cl)C(Cl)(Cl)C(Cl)(Cl)Cl. The van der Waals surface area contributed by atoms with Gasteiger partial charge in [-0.1, -0.05) is 222 Å². The third kappa shape index (κ3) is 11.3. The second-order valence-electron chi connectivity index (χ2n) is 10.0. The Labute approximate surface area is 323 Å². The van der Waals surface area contributed by atoms with E-state index >= 15 is 0 Å². The summed E-state index contributed by atoms with van der Waals surface area (Å²) in [7, 11) is -4.53. The summed E-state index contributed by atoms with van der Waals surface area (Å²) in [5, 5.41) is 0. The van der Waals surface area contributed by atoms with Gasteiger partial charge in [0.25, 0.3) is 0 Å². The maximum atomic E-state index is 6.61. The van der Waals surface area contributed by atoms with Gasteiger partial charge in [-0.05, 0) is 51.1 Å². The van der Waals surface area contributed by atoms with Crippen LogP contribution in [0.3, 0.4) is 0 Å².